The summed E-state index contributed by atoms with van der Waals surface area (Å²) in [6.07, 6.45) is 0.357. The molecule has 3 heteroatoms. The number of hydrogen-bond acceptors (Lipinski definition) is 2. The van der Waals surface area contributed by atoms with Crippen molar-refractivity contribution in [1.82, 2.24) is 0 Å². The van der Waals surface area contributed by atoms with E-state index < -0.39 is 0 Å². The lowest BCUT2D eigenvalue weighted by Crippen LogP contribution is -2.16. The monoisotopic (exact) mass is 283 g/mol. The van der Waals surface area contributed by atoms with Gasteiger partial charge in [0.2, 0.25) is 5.91 Å². The van der Waals surface area contributed by atoms with Crippen molar-refractivity contribution < 1.29 is 9.90 Å². The smallest absolute Gasteiger partial charge is 0.228 e. The zero-order valence-electron chi connectivity index (χ0n) is 12.7. The molecule has 2 aromatic rings. The van der Waals surface area contributed by atoms with Gasteiger partial charge in [-0.15, -0.1) is 0 Å². The fourth-order valence-electron chi connectivity index (χ4n) is 2.26. The quantitative estimate of drug-likeness (QED) is 0.904. The zero-order chi connectivity index (χ0) is 15.4. The summed E-state index contributed by atoms with van der Waals surface area (Å²) in [5.41, 5.74) is 5.86. The van der Waals surface area contributed by atoms with Crippen LogP contribution in [0, 0.1) is 20.8 Å². The maximum Gasteiger partial charge on any atom is 0.228 e. The lowest BCUT2D eigenvalue weighted by Gasteiger charge is -2.11. The highest BCUT2D eigenvalue weighted by atomic mass is 16.3. The van der Waals surface area contributed by atoms with Gasteiger partial charge in [0.15, 0.2) is 0 Å². The minimum atomic E-state index is -0.0399. The van der Waals surface area contributed by atoms with Crippen molar-refractivity contribution in [3.05, 3.63) is 64.2 Å². The molecular formula is C18H21NO2. The first kappa shape index (κ1) is 15.3. The van der Waals surface area contributed by atoms with Crippen LogP contribution >= 0.6 is 0 Å². The first-order chi connectivity index (χ1) is 9.99. The van der Waals surface area contributed by atoms with Crippen LogP contribution in [0.25, 0.3) is 0 Å². The zero-order valence-corrected chi connectivity index (χ0v) is 12.7. The molecule has 3 nitrogen and oxygen atoms in total. The SMILES string of the molecule is Cc1ccc(C)c(CC(=O)Nc2cc(CO)ccc2C)c1. The fourth-order valence-corrected chi connectivity index (χ4v) is 2.26. The van der Waals surface area contributed by atoms with Crippen LogP contribution in [-0.4, -0.2) is 11.0 Å². The Morgan fingerprint density at radius 2 is 1.76 bits per heavy atom. The summed E-state index contributed by atoms with van der Waals surface area (Å²) in [5.74, 6) is -0.0399. The lowest BCUT2D eigenvalue weighted by molar-refractivity contribution is -0.115. The van der Waals surface area contributed by atoms with E-state index in [-0.39, 0.29) is 12.5 Å². The first-order valence-corrected chi connectivity index (χ1v) is 7.06. The van der Waals surface area contributed by atoms with Gasteiger partial charge in [0.05, 0.1) is 13.0 Å². The molecule has 0 aliphatic heterocycles. The van der Waals surface area contributed by atoms with Crippen molar-refractivity contribution in [3.63, 3.8) is 0 Å². The minimum absolute atomic E-state index is 0.0276. The molecule has 0 saturated carbocycles. The summed E-state index contributed by atoms with van der Waals surface area (Å²) in [6.45, 7) is 5.95. The average Bonchev–Trinajstić information content (AvgIpc) is 2.45. The molecular weight excluding hydrogens is 262 g/mol. The molecule has 0 fully saturated rings. The molecule has 0 heterocycles. The maximum absolute atomic E-state index is 12.2. The molecule has 0 aliphatic rings. The number of rotatable bonds is 4. The van der Waals surface area contributed by atoms with Gasteiger partial charge in [-0.1, -0.05) is 35.9 Å². The summed E-state index contributed by atoms with van der Waals surface area (Å²) >= 11 is 0. The van der Waals surface area contributed by atoms with Crippen LogP contribution in [0.15, 0.2) is 36.4 Å². The molecule has 0 spiro atoms. The van der Waals surface area contributed by atoms with E-state index in [0.29, 0.717) is 6.42 Å². The summed E-state index contributed by atoms with van der Waals surface area (Å²) in [6, 6.07) is 11.7. The molecule has 0 bridgehead atoms. The van der Waals surface area contributed by atoms with E-state index in [2.05, 4.69) is 5.32 Å². The number of aliphatic hydroxyl groups excluding tert-OH is 1. The Bertz CT molecular complexity index is 662. The highest BCUT2D eigenvalue weighted by Gasteiger charge is 2.09. The van der Waals surface area contributed by atoms with Gasteiger partial charge < -0.3 is 10.4 Å². The summed E-state index contributed by atoms with van der Waals surface area (Å²) < 4.78 is 0. The predicted octanol–water partition coefficient (Wildman–Crippen LogP) is 3.29. The number of anilines is 1. The molecule has 1 amide bonds. The predicted molar refractivity (Wildman–Crippen MR) is 85.4 cm³/mol. The minimum Gasteiger partial charge on any atom is -0.392 e. The van der Waals surface area contributed by atoms with Gasteiger partial charge in [-0.25, -0.2) is 0 Å². The Morgan fingerprint density at radius 1 is 1.05 bits per heavy atom. The Hall–Kier alpha value is -2.13. The second-order valence-corrected chi connectivity index (χ2v) is 5.46. The van der Waals surface area contributed by atoms with Crippen LogP contribution in [0.3, 0.4) is 0 Å². The van der Waals surface area contributed by atoms with E-state index in [0.717, 1.165) is 33.5 Å². The second kappa shape index (κ2) is 6.55. The molecule has 0 aliphatic carbocycles. The molecule has 0 atom stereocenters. The Balaban J connectivity index is 2.13. The Morgan fingerprint density at radius 3 is 2.48 bits per heavy atom. The lowest BCUT2D eigenvalue weighted by atomic mass is 10.0. The normalized spacial score (nSPS) is 10.5. The van der Waals surface area contributed by atoms with Crippen molar-refractivity contribution in [1.29, 1.82) is 0 Å². The van der Waals surface area contributed by atoms with Gasteiger partial charge in [-0.05, 0) is 49.1 Å². The van der Waals surface area contributed by atoms with Crippen LogP contribution in [-0.2, 0) is 17.8 Å². The number of carbonyl (C=O) groups is 1. The van der Waals surface area contributed by atoms with E-state index in [4.69, 9.17) is 0 Å². The molecule has 110 valence electrons. The van der Waals surface area contributed by atoms with Gasteiger partial charge >= 0.3 is 0 Å². The topological polar surface area (TPSA) is 49.3 Å². The summed E-state index contributed by atoms with van der Waals surface area (Å²) in [4.78, 5) is 12.2. The number of aryl methyl sites for hydroxylation is 3. The van der Waals surface area contributed by atoms with Gasteiger partial charge in [0.1, 0.15) is 0 Å². The number of amides is 1. The van der Waals surface area contributed by atoms with E-state index in [9.17, 15) is 9.90 Å². The van der Waals surface area contributed by atoms with Crippen molar-refractivity contribution in [2.24, 2.45) is 0 Å². The standard InChI is InChI=1S/C18H21NO2/c1-12-4-5-13(2)16(8-12)10-18(21)19-17-9-15(11-20)7-6-14(17)3/h4-9,20H,10-11H2,1-3H3,(H,19,21). The van der Waals surface area contributed by atoms with Crippen LogP contribution < -0.4 is 5.32 Å². The van der Waals surface area contributed by atoms with Gasteiger partial charge in [-0.2, -0.15) is 0 Å². The average molecular weight is 283 g/mol. The Labute approximate surface area is 125 Å². The van der Waals surface area contributed by atoms with Gasteiger partial charge in [0, 0.05) is 5.69 Å². The summed E-state index contributed by atoms with van der Waals surface area (Å²) in [5, 5.41) is 12.1. The Kier molecular flexibility index (Phi) is 4.76. The highest BCUT2D eigenvalue weighted by molar-refractivity contribution is 5.93. The number of aliphatic hydroxyl groups is 1. The molecule has 0 unspecified atom stereocenters. The van der Waals surface area contributed by atoms with Gasteiger partial charge in [-0.3, -0.25) is 4.79 Å². The highest BCUT2D eigenvalue weighted by Crippen LogP contribution is 2.18. The maximum atomic E-state index is 12.2. The molecule has 0 saturated heterocycles. The van der Waals surface area contributed by atoms with Crippen molar-refractivity contribution in [2.45, 2.75) is 33.8 Å². The molecule has 2 N–H and O–H groups in total. The largest absolute Gasteiger partial charge is 0.392 e. The van der Waals surface area contributed by atoms with Crippen LogP contribution in [0.5, 0.6) is 0 Å². The number of benzene rings is 2. The molecule has 0 aromatic heterocycles. The van der Waals surface area contributed by atoms with Crippen LogP contribution in [0.1, 0.15) is 27.8 Å². The molecule has 21 heavy (non-hydrogen) atoms. The van der Waals surface area contributed by atoms with Crippen molar-refractivity contribution in [2.75, 3.05) is 5.32 Å². The third-order valence-corrected chi connectivity index (χ3v) is 3.61. The van der Waals surface area contributed by atoms with Crippen LogP contribution in [0.2, 0.25) is 0 Å². The second-order valence-electron chi connectivity index (χ2n) is 5.46. The van der Waals surface area contributed by atoms with E-state index in [1.807, 2.05) is 57.2 Å². The molecule has 2 rings (SSSR count). The van der Waals surface area contributed by atoms with E-state index in [1.54, 1.807) is 0 Å². The van der Waals surface area contributed by atoms with Crippen LogP contribution in [0.4, 0.5) is 5.69 Å². The molecule has 2 aromatic carbocycles. The number of hydrogen-bond donors (Lipinski definition) is 2. The third-order valence-electron chi connectivity index (χ3n) is 3.61. The summed E-state index contributed by atoms with van der Waals surface area (Å²) in [7, 11) is 0. The van der Waals surface area contributed by atoms with Crippen molar-refractivity contribution >= 4 is 11.6 Å². The number of carbonyl (C=O) groups excluding carboxylic acids is 1. The fraction of sp³-hybridized carbons (Fsp3) is 0.278. The van der Waals surface area contributed by atoms with Crippen molar-refractivity contribution in [3.8, 4) is 0 Å². The number of nitrogens with one attached hydrogen (secondary N) is 1. The first-order valence-electron chi connectivity index (χ1n) is 7.06. The molecule has 0 radical (unpaired) electrons. The van der Waals surface area contributed by atoms with E-state index in [1.165, 1.54) is 0 Å². The third kappa shape index (κ3) is 3.92. The van der Waals surface area contributed by atoms with E-state index >= 15 is 0 Å². The van der Waals surface area contributed by atoms with Gasteiger partial charge in [0.25, 0.3) is 0 Å².